The Bertz CT molecular complexity index is 747. The third kappa shape index (κ3) is 2.79. The van der Waals surface area contributed by atoms with Crippen molar-refractivity contribution in [1.82, 2.24) is 10.5 Å². The average molecular weight is 284 g/mol. The summed E-state index contributed by atoms with van der Waals surface area (Å²) in [5, 5.41) is 16.2. The maximum Gasteiger partial charge on any atom is 0.290 e. The van der Waals surface area contributed by atoms with Crippen LogP contribution in [0.1, 0.15) is 16.3 Å². The Morgan fingerprint density at radius 2 is 2.10 bits per heavy atom. The molecule has 3 rings (SSSR count). The van der Waals surface area contributed by atoms with E-state index in [1.165, 1.54) is 12.3 Å². The smallest absolute Gasteiger partial charge is 0.290 e. The third-order valence-electron chi connectivity index (χ3n) is 2.92. The van der Waals surface area contributed by atoms with E-state index in [-0.39, 0.29) is 18.1 Å². The number of aromatic hydroxyl groups is 1. The molecule has 0 atom stereocenters. The van der Waals surface area contributed by atoms with E-state index in [0.717, 1.165) is 0 Å². The zero-order chi connectivity index (χ0) is 14.7. The van der Waals surface area contributed by atoms with Crippen LogP contribution in [0.15, 0.2) is 57.7 Å². The van der Waals surface area contributed by atoms with E-state index in [9.17, 15) is 9.90 Å². The summed E-state index contributed by atoms with van der Waals surface area (Å²) in [6.45, 7) is 0.262. The number of amides is 1. The van der Waals surface area contributed by atoms with E-state index in [4.69, 9.17) is 8.94 Å². The molecule has 0 aliphatic heterocycles. The van der Waals surface area contributed by atoms with Gasteiger partial charge in [0, 0.05) is 11.6 Å². The molecule has 0 saturated carbocycles. The summed E-state index contributed by atoms with van der Waals surface area (Å²) in [6, 6.07) is 11.7. The van der Waals surface area contributed by atoms with Crippen LogP contribution in [0.2, 0.25) is 0 Å². The average Bonchev–Trinajstić information content (AvgIpc) is 3.17. The second-order valence-electron chi connectivity index (χ2n) is 4.36. The SMILES string of the molecule is O=C(NCc1ccco1)c1cc(-c2ccccc2O)no1. The molecule has 0 aliphatic carbocycles. The summed E-state index contributed by atoms with van der Waals surface area (Å²) in [5.41, 5.74) is 0.905. The molecule has 0 unspecified atom stereocenters. The first-order valence-electron chi connectivity index (χ1n) is 6.30. The number of carbonyl (C=O) groups is 1. The summed E-state index contributed by atoms with van der Waals surface area (Å²) in [5.74, 6) is 0.387. The highest BCUT2D eigenvalue weighted by Crippen LogP contribution is 2.27. The molecule has 21 heavy (non-hydrogen) atoms. The van der Waals surface area contributed by atoms with Gasteiger partial charge in [0.15, 0.2) is 0 Å². The molecule has 1 amide bonds. The Morgan fingerprint density at radius 1 is 1.24 bits per heavy atom. The topological polar surface area (TPSA) is 88.5 Å². The van der Waals surface area contributed by atoms with Crippen molar-refractivity contribution >= 4 is 5.91 Å². The lowest BCUT2D eigenvalue weighted by atomic mass is 10.1. The molecule has 0 aliphatic rings. The van der Waals surface area contributed by atoms with Gasteiger partial charge in [-0.2, -0.15) is 0 Å². The molecular formula is C15H12N2O4. The fourth-order valence-electron chi connectivity index (χ4n) is 1.87. The van der Waals surface area contributed by atoms with Crippen LogP contribution in [0.5, 0.6) is 5.75 Å². The first-order chi connectivity index (χ1) is 10.2. The van der Waals surface area contributed by atoms with Crippen LogP contribution in [0.3, 0.4) is 0 Å². The number of carbonyl (C=O) groups excluding carboxylic acids is 1. The Morgan fingerprint density at radius 3 is 2.86 bits per heavy atom. The van der Waals surface area contributed by atoms with Gasteiger partial charge in [0.1, 0.15) is 17.2 Å². The fourth-order valence-corrected chi connectivity index (χ4v) is 1.87. The van der Waals surface area contributed by atoms with Crippen LogP contribution in [0.25, 0.3) is 11.3 Å². The van der Waals surface area contributed by atoms with Crippen molar-refractivity contribution in [3.8, 4) is 17.0 Å². The van der Waals surface area contributed by atoms with Gasteiger partial charge in [-0.15, -0.1) is 0 Å². The first-order valence-corrected chi connectivity index (χ1v) is 6.30. The number of aromatic nitrogens is 1. The number of nitrogens with one attached hydrogen (secondary N) is 1. The van der Waals surface area contributed by atoms with Crippen molar-refractivity contribution in [3.05, 3.63) is 60.2 Å². The van der Waals surface area contributed by atoms with Crippen LogP contribution < -0.4 is 5.32 Å². The standard InChI is InChI=1S/C15H12N2O4/c18-13-6-2-1-5-11(13)12-8-14(21-17-12)15(19)16-9-10-4-3-7-20-10/h1-8,18H,9H2,(H,16,19). The van der Waals surface area contributed by atoms with Gasteiger partial charge in [0.2, 0.25) is 5.76 Å². The predicted molar refractivity (Wildman–Crippen MR) is 73.5 cm³/mol. The van der Waals surface area contributed by atoms with Gasteiger partial charge in [0.05, 0.1) is 12.8 Å². The second kappa shape index (κ2) is 5.54. The van der Waals surface area contributed by atoms with E-state index in [1.54, 1.807) is 36.4 Å². The zero-order valence-corrected chi connectivity index (χ0v) is 10.9. The molecule has 2 N–H and O–H groups in total. The largest absolute Gasteiger partial charge is 0.507 e. The normalized spacial score (nSPS) is 10.5. The number of nitrogens with zero attached hydrogens (tertiary/aromatic N) is 1. The van der Waals surface area contributed by atoms with Crippen molar-refractivity contribution in [3.63, 3.8) is 0 Å². The molecular weight excluding hydrogens is 272 g/mol. The summed E-state index contributed by atoms with van der Waals surface area (Å²) in [6.07, 6.45) is 1.53. The molecule has 3 aromatic rings. The maximum absolute atomic E-state index is 11.9. The molecule has 2 heterocycles. The highest BCUT2D eigenvalue weighted by Gasteiger charge is 2.15. The molecule has 2 aromatic heterocycles. The van der Waals surface area contributed by atoms with Crippen molar-refractivity contribution in [2.45, 2.75) is 6.54 Å². The van der Waals surface area contributed by atoms with E-state index in [0.29, 0.717) is 17.0 Å². The van der Waals surface area contributed by atoms with Gasteiger partial charge in [0.25, 0.3) is 5.91 Å². The lowest BCUT2D eigenvalue weighted by Gasteiger charge is -1.99. The van der Waals surface area contributed by atoms with E-state index < -0.39 is 5.91 Å². The van der Waals surface area contributed by atoms with Gasteiger partial charge in [-0.05, 0) is 24.3 Å². The van der Waals surface area contributed by atoms with Gasteiger partial charge in [-0.3, -0.25) is 4.79 Å². The van der Waals surface area contributed by atoms with Crippen molar-refractivity contribution in [2.24, 2.45) is 0 Å². The van der Waals surface area contributed by atoms with E-state index >= 15 is 0 Å². The zero-order valence-electron chi connectivity index (χ0n) is 10.9. The van der Waals surface area contributed by atoms with Crippen molar-refractivity contribution < 1.29 is 18.8 Å². The molecule has 0 fully saturated rings. The van der Waals surface area contributed by atoms with Crippen LogP contribution >= 0.6 is 0 Å². The second-order valence-corrected chi connectivity index (χ2v) is 4.36. The molecule has 106 valence electrons. The summed E-state index contributed by atoms with van der Waals surface area (Å²) < 4.78 is 10.1. The number of benzene rings is 1. The Hall–Kier alpha value is -3.02. The van der Waals surface area contributed by atoms with E-state index in [2.05, 4.69) is 10.5 Å². The third-order valence-corrected chi connectivity index (χ3v) is 2.92. The monoisotopic (exact) mass is 284 g/mol. The highest BCUT2D eigenvalue weighted by atomic mass is 16.5. The van der Waals surface area contributed by atoms with Crippen LogP contribution in [-0.2, 0) is 6.54 Å². The highest BCUT2D eigenvalue weighted by molar-refractivity contribution is 5.92. The minimum absolute atomic E-state index is 0.0693. The minimum atomic E-state index is -0.402. The summed E-state index contributed by atoms with van der Waals surface area (Å²) in [7, 11) is 0. The molecule has 6 nitrogen and oxygen atoms in total. The van der Waals surface area contributed by atoms with Crippen LogP contribution in [0.4, 0.5) is 0 Å². The number of furan rings is 1. The fraction of sp³-hybridized carbons (Fsp3) is 0.0667. The summed E-state index contributed by atoms with van der Waals surface area (Å²) >= 11 is 0. The number of rotatable bonds is 4. The quantitative estimate of drug-likeness (QED) is 0.768. The number of hydrogen-bond acceptors (Lipinski definition) is 5. The van der Waals surface area contributed by atoms with Gasteiger partial charge >= 0.3 is 0 Å². The van der Waals surface area contributed by atoms with Gasteiger partial charge < -0.3 is 19.4 Å². The number of para-hydroxylation sites is 1. The molecule has 0 bridgehead atoms. The van der Waals surface area contributed by atoms with Crippen LogP contribution in [-0.4, -0.2) is 16.2 Å². The van der Waals surface area contributed by atoms with E-state index in [1.807, 2.05) is 0 Å². The van der Waals surface area contributed by atoms with Gasteiger partial charge in [-0.25, -0.2) is 0 Å². The lowest BCUT2D eigenvalue weighted by Crippen LogP contribution is -2.21. The molecule has 1 aromatic carbocycles. The lowest BCUT2D eigenvalue weighted by molar-refractivity contribution is 0.0911. The van der Waals surface area contributed by atoms with Crippen LogP contribution in [0, 0.1) is 0 Å². The Kier molecular flexibility index (Phi) is 3.42. The minimum Gasteiger partial charge on any atom is -0.507 e. The van der Waals surface area contributed by atoms with Crippen molar-refractivity contribution in [2.75, 3.05) is 0 Å². The number of phenolic OH excluding ortho intramolecular Hbond substituents is 1. The summed E-state index contributed by atoms with van der Waals surface area (Å²) in [4.78, 5) is 11.9. The Balaban J connectivity index is 1.73. The number of hydrogen-bond donors (Lipinski definition) is 2. The first kappa shape index (κ1) is 13.0. The van der Waals surface area contributed by atoms with Crippen molar-refractivity contribution in [1.29, 1.82) is 0 Å². The molecule has 0 radical (unpaired) electrons. The molecule has 6 heteroatoms. The van der Waals surface area contributed by atoms with Gasteiger partial charge in [-0.1, -0.05) is 17.3 Å². The number of phenols is 1. The Labute approximate surface area is 120 Å². The molecule has 0 saturated heterocycles. The predicted octanol–water partition coefficient (Wildman–Crippen LogP) is 2.57. The molecule has 0 spiro atoms. The maximum atomic E-state index is 11.9.